The molecule has 0 fully saturated rings. The van der Waals surface area contributed by atoms with Crippen LogP contribution in [0.15, 0.2) is 53.7 Å². The Balaban J connectivity index is 1.65. The second-order valence-electron chi connectivity index (χ2n) is 7.13. The van der Waals surface area contributed by atoms with Crippen LogP contribution in [0.1, 0.15) is 30.9 Å². The van der Waals surface area contributed by atoms with E-state index >= 15 is 0 Å². The van der Waals surface area contributed by atoms with Crippen LogP contribution in [0.2, 0.25) is 0 Å². The Labute approximate surface area is 165 Å². The van der Waals surface area contributed by atoms with Crippen LogP contribution in [-0.2, 0) is 16.2 Å². The Morgan fingerprint density at radius 1 is 1.18 bits per heavy atom. The van der Waals surface area contributed by atoms with Gasteiger partial charge >= 0.3 is 0 Å². The molecule has 0 aliphatic carbocycles. The molecule has 28 heavy (non-hydrogen) atoms. The van der Waals surface area contributed by atoms with E-state index in [1.165, 1.54) is 6.07 Å². The summed E-state index contributed by atoms with van der Waals surface area (Å²) < 4.78 is 14.0. The summed E-state index contributed by atoms with van der Waals surface area (Å²) in [5.41, 5.74) is 3.49. The summed E-state index contributed by atoms with van der Waals surface area (Å²) in [4.78, 5) is 21.6. The molecule has 0 bridgehead atoms. The number of hydrogen-bond donors (Lipinski definition) is 0. The predicted molar refractivity (Wildman–Crippen MR) is 109 cm³/mol. The maximum absolute atomic E-state index is 14.0. The summed E-state index contributed by atoms with van der Waals surface area (Å²) in [6.45, 7) is 2.41. The molecule has 0 radical (unpaired) electrons. The van der Waals surface area contributed by atoms with Gasteiger partial charge in [-0.2, -0.15) is 0 Å². The van der Waals surface area contributed by atoms with Crippen LogP contribution in [0.4, 0.5) is 10.1 Å². The number of nitrogens with zero attached hydrogens (tertiary/aromatic N) is 3. The quantitative estimate of drug-likeness (QED) is 0.730. The first-order chi connectivity index (χ1) is 13.5. The maximum Gasteiger partial charge on any atom is 0.222 e. The maximum atomic E-state index is 14.0. The number of amides is 1. The van der Waals surface area contributed by atoms with Gasteiger partial charge in [0.05, 0.1) is 12.3 Å². The van der Waals surface area contributed by atoms with E-state index in [0.717, 1.165) is 17.0 Å². The van der Waals surface area contributed by atoms with Crippen molar-refractivity contribution < 1.29 is 14.0 Å². The van der Waals surface area contributed by atoms with Crippen molar-refractivity contribution in [2.75, 3.05) is 25.5 Å². The highest BCUT2D eigenvalue weighted by atomic mass is 19.1. The van der Waals surface area contributed by atoms with Crippen LogP contribution in [-0.4, -0.2) is 43.3 Å². The molecule has 2 aromatic rings. The highest BCUT2D eigenvalue weighted by Crippen LogP contribution is 2.21. The molecule has 5 nitrogen and oxygen atoms in total. The van der Waals surface area contributed by atoms with Crippen LogP contribution in [0.25, 0.3) is 0 Å². The smallest absolute Gasteiger partial charge is 0.222 e. The van der Waals surface area contributed by atoms with Gasteiger partial charge in [0.15, 0.2) is 6.10 Å². The van der Waals surface area contributed by atoms with E-state index in [2.05, 4.69) is 5.16 Å². The van der Waals surface area contributed by atoms with E-state index < -0.39 is 0 Å². The number of carbonyl (C=O) groups excluding carboxylic acids is 1. The molecule has 148 valence electrons. The molecule has 6 heteroatoms. The lowest BCUT2D eigenvalue weighted by Gasteiger charge is -2.24. The standard InChI is InChI=1S/C22H26FN3O2/c1-4-22(27)26(14-17-7-5-6-8-20(17)23)15-19-13-21(24-28-19)16-9-11-18(12-10-16)25(2)3/h5-12,19H,4,13-15H2,1-3H3/t19-/m0/s1. The monoisotopic (exact) mass is 383 g/mol. The molecule has 1 amide bonds. The minimum Gasteiger partial charge on any atom is -0.390 e. The number of rotatable bonds is 7. The molecule has 3 rings (SSSR count). The third-order valence-corrected chi connectivity index (χ3v) is 4.85. The van der Waals surface area contributed by atoms with Crippen LogP contribution in [0.5, 0.6) is 0 Å². The fraction of sp³-hybridized carbons (Fsp3) is 0.364. The molecule has 1 aliphatic rings. The van der Waals surface area contributed by atoms with Crippen molar-refractivity contribution in [1.82, 2.24) is 4.90 Å². The SMILES string of the molecule is CCC(=O)N(Cc1ccccc1F)C[C@@H]1CC(c2ccc(N(C)C)cc2)=NO1. The molecule has 0 N–H and O–H groups in total. The zero-order valence-electron chi connectivity index (χ0n) is 16.6. The van der Waals surface area contributed by atoms with Gasteiger partial charge in [0.1, 0.15) is 5.82 Å². The minimum absolute atomic E-state index is 0.0318. The summed E-state index contributed by atoms with van der Waals surface area (Å²) in [6, 6.07) is 14.7. The highest BCUT2D eigenvalue weighted by molar-refractivity contribution is 6.01. The van der Waals surface area contributed by atoms with Crippen LogP contribution < -0.4 is 4.90 Å². The zero-order chi connectivity index (χ0) is 20.1. The molecule has 0 unspecified atom stereocenters. The normalized spacial score (nSPS) is 15.7. The second-order valence-corrected chi connectivity index (χ2v) is 7.13. The van der Waals surface area contributed by atoms with Crippen molar-refractivity contribution in [1.29, 1.82) is 0 Å². The molecule has 1 atom stereocenters. The lowest BCUT2D eigenvalue weighted by atomic mass is 10.0. The molecule has 0 aromatic heterocycles. The first-order valence-electron chi connectivity index (χ1n) is 9.49. The van der Waals surface area contributed by atoms with E-state index in [-0.39, 0.29) is 24.4 Å². The molecule has 1 heterocycles. The lowest BCUT2D eigenvalue weighted by molar-refractivity contribution is -0.133. The van der Waals surface area contributed by atoms with E-state index in [9.17, 15) is 9.18 Å². The highest BCUT2D eigenvalue weighted by Gasteiger charge is 2.26. The summed E-state index contributed by atoms with van der Waals surface area (Å²) in [7, 11) is 3.99. The van der Waals surface area contributed by atoms with Crippen LogP contribution in [0, 0.1) is 5.82 Å². The topological polar surface area (TPSA) is 45.1 Å². The number of anilines is 1. The van der Waals surface area contributed by atoms with Gasteiger partial charge in [-0.1, -0.05) is 42.4 Å². The number of hydrogen-bond acceptors (Lipinski definition) is 4. The van der Waals surface area contributed by atoms with Crippen molar-refractivity contribution in [2.24, 2.45) is 5.16 Å². The second kappa shape index (κ2) is 8.87. The largest absolute Gasteiger partial charge is 0.390 e. The summed E-state index contributed by atoms with van der Waals surface area (Å²) in [5, 5.41) is 4.22. The first-order valence-corrected chi connectivity index (χ1v) is 9.49. The summed E-state index contributed by atoms with van der Waals surface area (Å²) >= 11 is 0. The average Bonchev–Trinajstić information content (AvgIpc) is 3.17. The van der Waals surface area contributed by atoms with Gasteiger partial charge in [-0.3, -0.25) is 4.79 Å². The van der Waals surface area contributed by atoms with Gasteiger partial charge in [-0.15, -0.1) is 0 Å². The fourth-order valence-electron chi connectivity index (χ4n) is 3.20. The zero-order valence-corrected chi connectivity index (χ0v) is 16.6. The Kier molecular flexibility index (Phi) is 6.29. The van der Waals surface area contributed by atoms with Gasteiger partial charge < -0.3 is 14.6 Å². The summed E-state index contributed by atoms with van der Waals surface area (Å²) in [5.74, 6) is -0.336. The molecule has 0 spiro atoms. The Hall–Kier alpha value is -2.89. The van der Waals surface area contributed by atoms with Gasteiger partial charge in [-0.25, -0.2) is 4.39 Å². The third-order valence-electron chi connectivity index (χ3n) is 4.85. The number of carbonyl (C=O) groups is 1. The molecule has 2 aromatic carbocycles. The van der Waals surface area contributed by atoms with Crippen molar-refractivity contribution >= 4 is 17.3 Å². The molecule has 1 aliphatic heterocycles. The average molecular weight is 383 g/mol. The van der Waals surface area contributed by atoms with E-state index in [0.29, 0.717) is 24.9 Å². The van der Waals surface area contributed by atoms with E-state index in [1.54, 1.807) is 30.0 Å². The Bertz CT molecular complexity index is 849. The van der Waals surface area contributed by atoms with Crippen LogP contribution in [0.3, 0.4) is 0 Å². The van der Waals surface area contributed by atoms with Gasteiger partial charge in [0.25, 0.3) is 0 Å². The van der Waals surface area contributed by atoms with Gasteiger partial charge in [0, 0.05) is 44.7 Å². The number of halogens is 1. The van der Waals surface area contributed by atoms with Gasteiger partial charge in [0.2, 0.25) is 5.91 Å². The van der Waals surface area contributed by atoms with Crippen molar-refractivity contribution in [3.05, 3.63) is 65.5 Å². The Morgan fingerprint density at radius 2 is 1.89 bits per heavy atom. The molecule has 0 saturated carbocycles. The van der Waals surface area contributed by atoms with Crippen molar-refractivity contribution in [2.45, 2.75) is 32.4 Å². The molecular weight excluding hydrogens is 357 g/mol. The molecule has 0 saturated heterocycles. The Morgan fingerprint density at radius 3 is 2.54 bits per heavy atom. The van der Waals surface area contributed by atoms with Crippen LogP contribution >= 0.6 is 0 Å². The minimum atomic E-state index is -0.304. The van der Waals surface area contributed by atoms with E-state index in [1.807, 2.05) is 43.3 Å². The fourth-order valence-corrected chi connectivity index (χ4v) is 3.20. The first kappa shape index (κ1) is 19.9. The van der Waals surface area contributed by atoms with E-state index in [4.69, 9.17) is 4.84 Å². The molecular formula is C22H26FN3O2. The van der Waals surface area contributed by atoms with Gasteiger partial charge in [-0.05, 0) is 23.8 Å². The number of oxime groups is 1. The number of benzene rings is 2. The van der Waals surface area contributed by atoms with Crippen molar-refractivity contribution in [3.63, 3.8) is 0 Å². The van der Waals surface area contributed by atoms with Crippen molar-refractivity contribution in [3.8, 4) is 0 Å². The predicted octanol–water partition coefficient (Wildman–Crippen LogP) is 3.82. The lowest BCUT2D eigenvalue weighted by Crippen LogP contribution is -2.37. The third kappa shape index (κ3) is 4.68. The summed E-state index contributed by atoms with van der Waals surface area (Å²) in [6.07, 6.45) is 0.748.